The van der Waals surface area contributed by atoms with Gasteiger partial charge in [-0.15, -0.1) is 0 Å². The molecule has 2 rings (SSSR count). The average molecular weight is 179 g/mol. The van der Waals surface area contributed by atoms with Crippen LogP contribution in [0, 0.1) is 0 Å². The Labute approximate surface area is 78.7 Å². The van der Waals surface area contributed by atoms with Crippen LogP contribution in [0.1, 0.15) is 38.3 Å². The molecule has 0 aliphatic heterocycles. The number of nitrogens with zero attached hydrogens (tertiary/aromatic N) is 1. The van der Waals surface area contributed by atoms with Gasteiger partial charge in [0, 0.05) is 23.3 Å². The standard InChI is InChI=1S/C10H17N3/c1-10(9-4-7-12-13-9)5-2-8(11)3-6-10/h4,7-8H,2-3,5-6,11H2,1H3,(H,12,13). The van der Waals surface area contributed by atoms with Gasteiger partial charge in [0.2, 0.25) is 0 Å². The van der Waals surface area contributed by atoms with E-state index in [4.69, 9.17) is 5.73 Å². The number of nitrogens with two attached hydrogens (primary N) is 1. The lowest BCUT2D eigenvalue weighted by Crippen LogP contribution is -2.35. The molecule has 0 amide bonds. The van der Waals surface area contributed by atoms with Gasteiger partial charge in [0.05, 0.1) is 0 Å². The molecule has 13 heavy (non-hydrogen) atoms. The number of hydrogen-bond acceptors (Lipinski definition) is 2. The van der Waals surface area contributed by atoms with Crippen molar-refractivity contribution in [2.75, 3.05) is 0 Å². The van der Waals surface area contributed by atoms with Gasteiger partial charge in [0.15, 0.2) is 0 Å². The van der Waals surface area contributed by atoms with Crippen LogP contribution in [0.15, 0.2) is 12.3 Å². The molecule has 3 N–H and O–H groups in total. The summed E-state index contributed by atoms with van der Waals surface area (Å²) < 4.78 is 0. The first-order valence-corrected chi connectivity index (χ1v) is 4.96. The molecular weight excluding hydrogens is 162 g/mol. The predicted molar refractivity (Wildman–Crippen MR) is 52.4 cm³/mol. The van der Waals surface area contributed by atoms with Crippen molar-refractivity contribution in [3.8, 4) is 0 Å². The van der Waals surface area contributed by atoms with E-state index in [1.807, 2.05) is 6.20 Å². The largest absolute Gasteiger partial charge is 0.328 e. The first kappa shape index (κ1) is 8.75. The second-order valence-electron chi connectivity index (χ2n) is 4.37. The fraction of sp³-hybridized carbons (Fsp3) is 0.700. The van der Waals surface area contributed by atoms with Crippen molar-refractivity contribution in [3.63, 3.8) is 0 Å². The van der Waals surface area contributed by atoms with Gasteiger partial charge in [-0.1, -0.05) is 6.92 Å². The third-order valence-corrected chi connectivity index (χ3v) is 3.28. The van der Waals surface area contributed by atoms with Crippen LogP contribution in [-0.2, 0) is 5.41 Å². The third kappa shape index (κ3) is 1.61. The molecule has 1 aromatic rings. The van der Waals surface area contributed by atoms with E-state index in [0.29, 0.717) is 6.04 Å². The van der Waals surface area contributed by atoms with Crippen LogP contribution < -0.4 is 5.73 Å². The lowest BCUT2D eigenvalue weighted by molar-refractivity contribution is 0.286. The van der Waals surface area contributed by atoms with Crippen molar-refractivity contribution >= 4 is 0 Å². The van der Waals surface area contributed by atoms with Crippen LogP contribution in [0.2, 0.25) is 0 Å². The van der Waals surface area contributed by atoms with Crippen LogP contribution >= 0.6 is 0 Å². The molecule has 0 bridgehead atoms. The highest BCUT2D eigenvalue weighted by Crippen LogP contribution is 2.37. The normalized spacial score (nSPS) is 34.8. The second kappa shape index (κ2) is 3.14. The Bertz CT molecular complexity index is 258. The van der Waals surface area contributed by atoms with Gasteiger partial charge in [0.25, 0.3) is 0 Å². The van der Waals surface area contributed by atoms with E-state index in [0.717, 1.165) is 12.8 Å². The summed E-state index contributed by atoms with van der Waals surface area (Å²) in [6, 6.07) is 2.49. The molecule has 1 heterocycles. The molecule has 0 unspecified atom stereocenters. The zero-order chi connectivity index (χ0) is 9.31. The lowest BCUT2D eigenvalue weighted by atomic mass is 9.72. The van der Waals surface area contributed by atoms with E-state index in [1.165, 1.54) is 18.5 Å². The van der Waals surface area contributed by atoms with Gasteiger partial charge >= 0.3 is 0 Å². The van der Waals surface area contributed by atoms with E-state index in [2.05, 4.69) is 23.2 Å². The minimum absolute atomic E-state index is 0.284. The van der Waals surface area contributed by atoms with Crippen LogP contribution in [0.25, 0.3) is 0 Å². The number of aromatic amines is 1. The van der Waals surface area contributed by atoms with Gasteiger partial charge < -0.3 is 5.73 Å². The molecule has 1 saturated carbocycles. The van der Waals surface area contributed by atoms with E-state index >= 15 is 0 Å². The average Bonchev–Trinajstić information content (AvgIpc) is 2.63. The lowest BCUT2D eigenvalue weighted by Gasteiger charge is -2.35. The first-order chi connectivity index (χ1) is 6.21. The number of aromatic nitrogens is 2. The van der Waals surface area contributed by atoms with E-state index in [-0.39, 0.29) is 5.41 Å². The van der Waals surface area contributed by atoms with E-state index in [9.17, 15) is 0 Å². The topological polar surface area (TPSA) is 54.7 Å². The van der Waals surface area contributed by atoms with Crippen molar-refractivity contribution in [1.29, 1.82) is 0 Å². The molecule has 0 radical (unpaired) electrons. The molecule has 0 aromatic carbocycles. The van der Waals surface area contributed by atoms with E-state index in [1.54, 1.807) is 0 Å². The quantitative estimate of drug-likeness (QED) is 0.687. The summed E-state index contributed by atoms with van der Waals surface area (Å²) in [5.41, 5.74) is 7.43. The Kier molecular flexibility index (Phi) is 2.12. The Hall–Kier alpha value is -0.830. The summed E-state index contributed by atoms with van der Waals surface area (Å²) in [5, 5.41) is 7.08. The Morgan fingerprint density at radius 1 is 1.54 bits per heavy atom. The molecule has 1 aliphatic rings. The maximum Gasteiger partial charge on any atom is 0.0490 e. The van der Waals surface area contributed by atoms with Gasteiger partial charge in [-0.25, -0.2) is 0 Å². The summed E-state index contributed by atoms with van der Waals surface area (Å²) in [7, 11) is 0. The minimum atomic E-state index is 0.284. The van der Waals surface area contributed by atoms with Crippen LogP contribution in [0.3, 0.4) is 0 Å². The zero-order valence-corrected chi connectivity index (χ0v) is 8.09. The molecule has 0 saturated heterocycles. The predicted octanol–water partition coefficient (Wildman–Crippen LogP) is 1.57. The van der Waals surface area contributed by atoms with Gasteiger partial charge in [0.1, 0.15) is 0 Å². The summed E-state index contributed by atoms with van der Waals surface area (Å²) in [5.74, 6) is 0. The highest BCUT2D eigenvalue weighted by Gasteiger charge is 2.32. The molecule has 0 spiro atoms. The first-order valence-electron chi connectivity index (χ1n) is 4.96. The molecule has 3 nitrogen and oxygen atoms in total. The van der Waals surface area contributed by atoms with Crippen LogP contribution in [0.4, 0.5) is 0 Å². The van der Waals surface area contributed by atoms with Gasteiger partial charge in [-0.05, 0) is 31.7 Å². The number of rotatable bonds is 1. The summed E-state index contributed by atoms with van der Waals surface area (Å²) in [6.07, 6.45) is 6.45. The highest BCUT2D eigenvalue weighted by molar-refractivity contribution is 5.14. The monoisotopic (exact) mass is 179 g/mol. The fourth-order valence-electron chi connectivity index (χ4n) is 2.14. The maximum absolute atomic E-state index is 5.88. The molecule has 3 heteroatoms. The molecule has 1 aliphatic carbocycles. The highest BCUT2D eigenvalue weighted by atomic mass is 15.1. The SMILES string of the molecule is CC1(c2ccn[nH]2)CCC(N)CC1. The van der Waals surface area contributed by atoms with Crippen molar-refractivity contribution in [1.82, 2.24) is 10.2 Å². The smallest absolute Gasteiger partial charge is 0.0490 e. The molecule has 0 atom stereocenters. The fourth-order valence-corrected chi connectivity index (χ4v) is 2.14. The molecular formula is C10H17N3. The number of H-pyrrole nitrogens is 1. The number of hydrogen-bond donors (Lipinski definition) is 2. The molecule has 72 valence electrons. The summed E-state index contributed by atoms with van der Waals surface area (Å²) >= 11 is 0. The Morgan fingerprint density at radius 2 is 2.23 bits per heavy atom. The van der Waals surface area contributed by atoms with Crippen molar-refractivity contribution in [2.45, 2.75) is 44.1 Å². The molecule has 1 aromatic heterocycles. The maximum atomic E-state index is 5.88. The van der Waals surface area contributed by atoms with Crippen molar-refractivity contribution in [2.24, 2.45) is 5.73 Å². The van der Waals surface area contributed by atoms with Gasteiger partial charge in [-0.2, -0.15) is 5.10 Å². The van der Waals surface area contributed by atoms with Crippen LogP contribution in [0.5, 0.6) is 0 Å². The third-order valence-electron chi connectivity index (χ3n) is 3.28. The molecule has 1 fully saturated rings. The van der Waals surface area contributed by atoms with Crippen molar-refractivity contribution < 1.29 is 0 Å². The number of nitrogens with one attached hydrogen (secondary N) is 1. The summed E-state index contributed by atoms with van der Waals surface area (Å²) in [4.78, 5) is 0. The second-order valence-corrected chi connectivity index (χ2v) is 4.37. The zero-order valence-electron chi connectivity index (χ0n) is 8.09. The van der Waals surface area contributed by atoms with Crippen LogP contribution in [-0.4, -0.2) is 16.2 Å². The Balaban J connectivity index is 2.13. The van der Waals surface area contributed by atoms with Gasteiger partial charge in [-0.3, -0.25) is 5.10 Å². The van der Waals surface area contributed by atoms with Crippen molar-refractivity contribution in [3.05, 3.63) is 18.0 Å². The summed E-state index contributed by atoms with van der Waals surface area (Å²) in [6.45, 7) is 2.30. The van der Waals surface area contributed by atoms with E-state index < -0.39 is 0 Å². The Morgan fingerprint density at radius 3 is 2.77 bits per heavy atom. The minimum Gasteiger partial charge on any atom is -0.328 e.